The topological polar surface area (TPSA) is 75.0 Å². The van der Waals surface area contributed by atoms with Crippen molar-refractivity contribution in [3.05, 3.63) is 29.7 Å². The fourth-order valence-corrected chi connectivity index (χ4v) is 3.69. The van der Waals surface area contributed by atoms with E-state index in [1.165, 1.54) is 28.2 Å². The number of hydrogen-bond donors (Lipinski definition) is 2. The molecule has 1 aromatic heterocycles. The Bertz CT molecular complexity index is 745. The average molecular weight is 419 g/mol. The van der Waals surface area contributed by atoms with Crippen LogP contribution in [0.5, 0.6) is 0 Å². The van der Waals surface area contributed by atoms with Crippen molar-refractivity contribution >= 4 is 64.8 Å². The van der Waals surface area contributed by atoms with Gasteiger partial charge in [-0.2, -0.15) is 0 Å². The molecule has 0 aliphatic carbocycles. The molecule has 0 aliphatic rings. The van der Waals surface area contributed by atoms with E-state index in [-0.39, 0.29) is 23.8 Å². The monoisotopic (exact) mass is 419 g/mol. The molecule has 21 heavy (non-hydrogen) atoms. The van der Waals surface area contributed by atoms with Gasteiger partial charge in [-0.25, -0.2) is 4.39 Å². The summed E-state index contributed by atoms with van der Waals surface area (Å²) in [7, 11) is 1.27. The number of carbonyl (C=O) groups is 2. The Labute approximate surface area is 136 Å². The maximum Gasteiger partial charge on any atom is 0.221 e. The molecular weight excluding hydrogens is 408 g/mol. The van der Waals surface area contributed by atoms with Crippen LogP contribution in [0.1, 0.15) is 23.8 Å². The van der Waals surface area contributed by atoms with Crippen LogP contribution in [-0.2, 0) is 4.79 Å². The minimum Gasteiger partial charge on any atom is -0.324 e. The van der Waals surface area contributed by atoms with E-state index in [1.54, 1.807) is 10.0 Å². The molecule has 2 rings (SSSR count). The number of amides is 1. The Balaban J connectivity index is 2.62. The molecule has 0 fully saturated rings. The normalized spacial score (nSPS) is 10.6. The van der Waals surface area contributed by atoms with Crippen molar-refractivity contribution in [3.63, 3.8) is 0 Å². The number of nitrogens with zero attached hydrogens (tertiary/aromatic N) is 1. The predicted octanol–water partition coefficient (Wildman–Crippen LogP) is 3.81. The maximum absolute atomic E-state index is 13.9. The van der Waals surface area contributed by atoms with Gasteiger partial charge < -0.3 is 10.7 Å². The highest BCUT2D eigenvalue weighted by molar-refractivity contribution is 14.2. The number of aromatic nitrogens is 1. The van der Waals surface area contributed by atoms with Crippen LogP contribution >= 0.6 is 30.3 Å². The van der Waals surface area contributed by atoms with Crippen molar-refractivity contribution in [2.75, 3.05) is 5.32 Å². The second-order valence-electron chi connectivity index (χ2n) is 4.30. The zero-order valence-corrected chi connectivity index (χ0v) is 13.9. The molecular formula is C13H11FIN3O2S. The highest BCUT2D eigenvalue weighted by Crippen LogP contribution is 2.32. The summed E-state index contributed by atoms with van der Waals surface area (Å²) in [4.78, 5) is 23.1. The van der Waals surface area contributed by atoms with E-state index in [9.17, 15) is 14.0 Å². The van der Waals surface area contributed by atoms with Gasteiger partial charge in [0.05, 0.1) is 16.9 Å². The Morgan fingerprint density at radius 3 is 2.76 bits per heavy atom. The van der Waals surface area contributed by atoms with Crippen molar-refractivity contribution in [1.82, 2.24) is 3.97 Å². The summed E-state index contributed by atoms with van der Waals surface area (Å²) in [6, 6.07) is 4.37. The summed E-state index contributed by atoms with van der Waals surface area (Å²) in [5.41, 5.74) is 1.10. The Hall–Kier alpha value is -1.42. The number of nitrogens with one attached hydrogen (secondary N) is 2. The standard InChI is InChI=1S/C13H11FIN3O2S/c1-7(19)17-10-6-11-8(4-9(10)14)5-12(18(11)21-15)13(20)2-3-16/h3-6,16H,2H2,1H3,(H,17,19). The van der Waals surface area contributed by atoms with Gasteiger partial charge >= 0.3 is 0 Å². The minimum atomic E-state index is -0.556. The number of carbonyl (C=O) groups excluding carboxylic acids is 2. The zero-order valence-electron chi connectivity index (χ0n) is 10.9. The number of fused-ring (bicyclic) bond motifs is 1. The first-order valence-electron chi connectivity index (χ1n) is 5.91. The largest absolute Gasteiger partial charge is 0.324 e. The lowest BCUT2D eigenvalue weighted by atomic mass is 10.2. The highest BCUT2D eigenvalue weighted by Gasteiger charge is 2.17. The molecule has 8 heteroatoms. The van der Waals surface area contributed by atoms with Gasteiger partial charge in [-0.15, -0.1) is 0 Å². The molecule has 1 amide bonds. The fourth-order valence-electron chi connectivity index (χ4n) is 1.96. The van der Waals surface area contributed by atoms with Crippen LogP contribution < -0.4 is 5.32 Å². The first kappa shape index (κ1) is 16.0. The second-order valence-corrected chi connectivity index (χ2v) is 5.98. The third kappa shape index (κ3) is 3.26. The maximum atomic E-state index is 13.9. The van der Waals surface area contributed by atoms with E-state index >= 15 is 0 Å². The van der Waals surface area contributed by atoms with Crippen LogP contribution in [0.2, 0.25) is 0 Å². The molecule has 0 aliphatic heterocycles. The zero-order chi connectivity index (χ0) is 15.6. The number of rotatable bonds is 5. The van der Waals surface area contributed by atoms with Crippen LogP contribution in [0.4, 0.5) is 10.1 Å². The molecule has 0 radical (unpaired) electrons. The van der Waals surface area contributed by atoms with Gasteiger partial charge in [0.15, 0.2) is 5.78 Å². The van der Waals surface area contributed by atoms with Crippen molar-refractivity contribution in [2.45, 2.75) is 13.3 Å². The molecule has 0 saturated heterocycles. The van der Waals surface area contributed by atoms with E-state index in [0.717, 1.165) is 6.21 Å². The summed E-state index contributed by atoms with van der Waals surface area (Å²) >= 11 is 2.02. The minimum absolute atomic E-state index is 0.00540. The summed E-state index contributed by atoms with van der Waals surface area (Å²) in [5, 5.41) is 10.0. The van der Waals surface area contributed by atoms with Crippen LogP contribution in [0.3, 0.4) is 0 Å². The van der Waals surface area contributed by atoms with Crippen molar-refractivity contribution in [2.24, 2.45) is 0 Å². The van der Waals surface area contributed by atoms with Gasteiger partial charge in [0.25, 0.3) is 0 Å². The van der Waals surface area contributed by atoms with Gasteiger partial charge in [0.1, 0.15) is 5.82 Å². The summed E-state index contributed by atoms with van der Waals surface area (Å²) < 4.78 is 15.6. The lowest BCUT2D eigenvalue weighted by molar-refractivity contribution is -0.114. The van der Waals surface area contributed by atoms with Gasteiger partial charge in [-0.3, -0.25) is 13.6 Å². The Morgan fingerprint density at radius 2 is 2.19 bits per heavy atom. The molecule has 1 heterocycles. The lowest BCUT2D eigenvalue weighted by Crippen LogP contribution is -2.07. The third-order valence-electron chi connectivity index (χ3n) is 2.80. The van der Waals surface area contributed by atoms with Gasteiger partial charge in [0, 0.05) is 55.3 Å². The van der Waals surface area contributed by atoms with E-state index in [4.69, 9.17) is 5.41 Å². The van der Waals surface area contributed by atoms with E-state index < -0.39 is 5.82 Å². The fraction of sp³-hybridized carbons (Fsp3) is 0.154. The molecule has 0 unspecified atom stereocenters. The van der Waals surface area contributed by atoms with E-state index in [0.29, 0.717) is 16.6 Å². The summed E-state index contributed by atoms with van der Waals surface area (Å²) in [6.07, 6.45) is 1.03. The smallest absolute Gasteiger partial charge is 0.221 e. The van der Waals surface area contributed by atoms with Crippen LogP contribution in [-0.4, -0.2) is 21.9 Å². The van der Waals surface area contributed by atoms with E-state index in [2.05, 4.69) is 5.32 Å². The van der Waals surface area contributed by atoms with Crippen molar-refractivity contribution < 1.29 is 14.0 Å². The first-order valence-corrected chi connectivity index (χ1v) is 9.23. The van der Waals surface area contributed by atoms with Crippen LogP contribution in [0, 0.1) is 11.2 Å². The van der Waals surface area contributed by atoms with Crippen LogP contribution in [0.15, 0.2) is 18.2 Å². The highest BCUT2D eigenvalue weighted by atomic mass is 127. The molecule has 0 bridgehead atoms. The van der Waals surface area contributed by atoms with Gasteiger partial charge in [0.2, 0.25) is 5.91 Å². The number of hydrogen-bond acceptors (Lipinski definition) is 4. The number of anilines is 1. The van der Waals surface area contributed by atoms with Crippen molar-refractivity contribution in [3.8, 4) is 0 Å². The van der Waals surface area contributed by atoms with Crippen molar-refractivity contribution in [1.29, 1.82) is 5.41 Å². The first-order chi connectivity index (χ1) is 9.97. The SMILES string of the molecule is CC(=O)Nc1cc2c(cc1F)cc(C(=O)CC=N)n2SI. The molecule has 2 aromatic rings. The van der Waals surface area contributed by atoms with E-state index in [1.807, 2.05) is 21.2 Å². The average Bonchev–Trinajstić information content (AvgIpc) is 2.76. The Morgan fingerprint density at radius 1 is 1.48 bits per heavy atom. The number of halogens is 2. The molecule has 0 saturated carbocycles. The number of benzene rings is 1. The quantitative estimate of drug-likeness (QED) is 0.440. The Kier molecular flexibility index (Phi) is 4.99. The predicted molar refractivity (Wildman–Crippen MR) is 90.9 cm³/mol. The molecule has 2 N–H and O–H groups in total. The third-order valence-corrected chi connectivity index (χ3v) is 4.51. The van der Waals surface area contributed by atoms with Gasteiger partial charge in [-0.1, -0.05) is 0 Å². The molecule has 0 spiro atoms. The number of ketones is 1. The molecule has 5 nitrogen and oxygen atoms in total. The number of Topliss-reactive ketones (excluding diaryl/α,β-unsaturated/α-hetero) is 1. The molecule has 110 valence electrons. The second kappa shape index (κ2) is 6.56. The van der Waals surface area contributed by atoms with Gasteiger partial charge in [-0.05, 0) is 18.2 Å². The van der Waals surface area contributed by atoms with Crippen LogP contribution in [0.25, 0.3) is 10.9 Å². The lowest BCUT2D eigenvalue weighted by Gasteiger charge is -2.07. The summed E-state index contributed by atoms with van der Waals surface area (Å²) in [5.74, 6) is -1.14. The summed E-state index contributed by atoms with van der Waals surface area (Å²) in [6.45, 7) is 1.30. The molecule has 1 aromatic carbocycles. The molecule has 0 atom stereocenters.